The monoisotopic (exact) mass is 256 g/mol. The zero-order chi connectivity index (χ0) is 13.7. The molecule has 0 fully saturated rings. The molecule has 1 heterocycles. The molecule has 0 aliphatic heterocycles. The highest BCUT2D eigenvalue weighted by molar-refractivity contribution is 5.39. The van der Waals surface area contributed by atoms with Crippen molar-refractivity contribution >= 4 is 5.82 Å². The SMILES string of the molecule is CC(C)c1cc(NC(CN)c2ccccc2)ncn1. The van der Waals surface area contributed by atoms with Crippen LogP contribution >= 0.6 is 0 Å². The first-order chi connectivity index (χ1) is 9.20. The van der Waals surface area contributed by atoms with E-state index in [1.807, 2.05) is 24.3 Å². The second kappa shape index (κ2) is 6.29. The van der Waals surface area contributed by atoms with E-state index in [0.717, 1.165) is 17.1 Å². The van der Waals surface area contributed by atoms with Crippen LogP contribution in [0.1, 0.15) is 37.1 Å². The first kappa shape index (κ1) is 13.5. The van der Waals surface area contributed by atoms with Crippen LogP contribution in [0.2, 0.25) is 0 Å². The molecule has 0 saturated heterocycles. The predicted octanol–water partition coefficient (Wildman–Crippen LogP) is 2.71. The van der Waals surface area contributed by atoms with Crippen molar-refractivity contribution in [3.8, 4) is 0 Å². The Morgan fingerprint density at radius 2 is 1.89 bits per heavy atom. The minimum absolute atomic E-state index is 0.0658. The number of hydrogen-bond acceptors (Lipinski definition) is 4. The normalized spacial score (nSPS) is 12.4. The maximum atomic E-state index is 5.84. The van der Waals surface area contributed by atoms with E-state index in [9.17, 15) is 0 Å². The molecule has 0 aliphatic carbocycles. The summed E-state index contributed by atoms with van der Waals surface area (Å²) in [6.07, 6.45) is 1.59. The highest BCUT2D eigenvalue weighted by Crippen LogP contribution is 2.19. The van der Waals surface area contributed by atoms with E-state index in [-0.39, 0.29) is 6.04 Å². The second-order valence-electron chi connectivity index (χ2n) is 4.83. The molecule has 0 radical (unpaired) electrons. The topological polar surface area (TPSA) is 63.8 Å². The molecule has 100 valence electrons. The summed E-state index contributed by atoms with van der Waals surface area (Å²) in [5, 5.41) is 3.36. The number of hydrogen-bond donors (Lipinski definition) is 2. The van der Waals surface area contributed by atoms with Crippen molar-refractivity contribution in [2.24, 2.45) is 5.73 Å². The summed E-state index contributed by atoms with van der Waals surface area (Å²) in [7, 11) is 0. The van der Waals surface area contributed by atoms with E-state index < -0.39 is 0 Å². The molecule has 1 unspecified atom stereocenters. The van der Waals surface area contributed by atoms with Crippen molar-refractivity contribution in [3.05, 3.63) is 54.0 Å². The molecule has 0 spiro atoms. The van der Waals surface area contributed by atoms with Crippen LogP contribution in [0.3, 0.4) is 0 Å². The van der Waals surface area contributed by atoms with Gasteiger partial charge in [0.25, 0.3) is 0 Å². The van der Waals surface area contributed by atoms with Gasteiger partial charge >= 0.3 is 0 Å². The number of aromatic nitrogens is 2. The fourth-order valence-corrected chi connectivity index (χ4v) is 1.91. The van der Waals surface area contributed by atoms with Gasteiger partial charge in [-0.05, 0) is 11.5 Å². The van der Waals surface area contributed by atoms with Crippen LogP contribution < -0.4 is 11.1 Å². The number of benzene rings is 1. The van der Waals surface area contributed by atoms with Crippen molar-refractivity contribution in [2.45, 2.75) is 25.8 Å². The first-order valence-corrected chi connectivity index (χ1v) is 6.54. The lowest BCUT2D eigenvalue weighted by Gasteiger charge is -2.18. The van der Waals surface area contributed by atoms with Crippen molar-refractivity contribution < 1.29 is 0 Å². The Labute approximate surface area is 114 Å². The number of nitrogens with zero attached hydrogens (tertiary/aromatic N) is 2. The molecule has 3 N–H and O–H groups in total. The summed E-state index contributed by atoms with van der Waals surface area (Å²) < 4.78 is 0. The Bertz CT molecular complexity index is 511. The van der Waals surface area contributed by atoms with Gasteiger partial charge in [-0.25, -0.2) is 9.97 Å². The maximum Gasteiger partial charge on any atom is 0.130 e. The zero-order valence-corrected chi connectivity index (χ0v) is 11.4. The number of nitrogens with two attached hydrogens (primary N) is 1. The molecule has 2 rings (SSSR count). The van der Waals surface area contributed by atoms with E-state index in [0.29, 0.717) is 12.5 Å². The van der Waals surface area contributed by atoms with Crippen LogP contribution in [-0.4, -0.2) is 16.5 Å². The Kier molecular flexibility index (Phi) is 4.47. The molecular weight excluding hydrogens is 236 g/mol. The van der Waals surface area contributed by atoms with Gasteiger partial charge in [-0.1, -0.05) is 44.2 Å². The minimum Gasteiger partial charge on any atom is -0.362 e. The quantitative estimate of drug-likeness (QED) is 0.863. The third-order valence-electron chi connectivity index (χ3n) is 3.04. The van der Waals surface area contributed by atoms with Crippen molar-refractivity contribution in [2.75, 3.05) is 11.9 Å². The van der Waals surface area contributed by atoms with E-state index in [4.69, 9.17) is 5.73 Å². The fraction of sp³-hybridized carbons (Fsp3) is 0.333. The largest absolute Gasteiger partial charge is 0.362 e. The average Bonchev–Trinajstić information content (AvgIpc) is 2.46. The van der Waals surface area contributed by atoms with Gasteiger partial charge in [0.1, 0.15) is 12.1 Å². The number of rotatable bonds is 5. The molecule has 1 aromatic heterocycles. The van der Waals surface area contributed by atoms with E-state index in [1.165, 1.54) is 0 Å². The lowest BCUT2D eigenvalue weighted by molar-refractivity contribution is 0.774. The predicted molar refractivity (Wildman–Crippen MR) is 78.0 cm³/mol. The van der Waals surface area contributed by atoms with Crippen LogP contribution in [0.15, 0.2) is 42.7 Å². The van der Waals surface area contributed by atoms with Gasteiger partial charge in [-0.15, -0.1) is 0 Å². The smallest absolute Gasteiger partial charge is 0.130 e. The highest BCUT2D eigenvalue weighted by Gasteiger charge is 2.10. The van der Waals surface area contributed by atoms with Crippen LogP contribution in [-0.2, 0) is 0 Å². The van der Waals surface area contributed by atoms with Crippen LogP contribution in [0.25, 0.3) is 0 Å². The summed E-state index contributed by atoms with van der Waals surface area (Å²) in [4.78, 5) is 8.52. The van der Waals surface area contributed by atoms with Gasteiger partial charge in [0.2, 0.25) is 0 Å². The lowest BCUT2D eigenvalue weighted by Crippen LogP contribution is -2.21. The molecular formula is C15H20N4. The third-order valence-corrected chi connectivity index (χ3v) is 3.04. The van der Waals surface area contributed by atoms with E-state index in [1.54, 1.807) is 6.33 Å². The van der Waals surface area contributed by atoms with Gasteiger partial charge in [-0.3, -0.25) is 0 Å². The van der Waals surface area contributed by atoms with Gasteiger partial charge < -0.3 is 11.1 Å². The Balaban J connectivity index is 2.17. The van der Waals surface area contributed by atoms with Crippen LogP contribution in [0.4, 0.5) is 5.82 Å². The Hall–Kier alpha value is -1.94. The van der Waals surface area contributed by atoms with Gasteiger partial charge in [0.05, 0.1) is 6.04 Å². The first-order valence-electron chi connectivity index (χ1n) is 6.54. The highest BCUT2D eigenvalue weighted by atomic mass is 15.0. The van der Waals surface area contributed by atoms with Crippen molar-refractivity contribution in [1.82, 2.24) is 9.97 Å². The summed E-state index contributed by atoms with van der Waals surface area (Å²) in [5.74, 6) is 1.20. The van der Waals surface area contributed by atoms with Crippen LogP contribution in [0.5, 0.6) is 0 Å². The summed E-state index contributed by atoms with van der Waals surface area (Å²) in [6, 6.07) is 12.2. The molecule has 0 aliphatic rings. The average molecular weight is 256 g/mol. The summed E-state index contributed by atoms with van der Waals surface area (Å²) >= 11 is 0. The summed E-state index contributed by atoms with van der Waals surface area (Å²) in [6.45, 7) is 4.75. The van der Waals surface area contributed by atoms with Crippen LogP contribution in [0, 0.1) is 0 Å². The Morgan fingerprint density at radius 3 is 2.53 bits per heavy atom. The molecule has 1 atom stereocenters. The number of anilines is 1. The molecule has 19 heavy (non-hydrogen) atoms. The molecule has 0 bridgehead atoms. The molecule has 1 aromatic carbocycles. The standard InChI is InChI=1S/C15H20N4/c1-11(2)13-8-15(18-10-17-13)19-14(9-16)12-6-4-3-5-7-12/h3-8,10-11,14H,9,16H2,1-2H3,(H,17,18,19). The second-order valence-corrected chi connectivity index (χ2v) is 4.83. The van der Waals surface area contributed by atoms with Crippen molar-refractivity contribution in [1.29, 1.82) is 0 Å². The van der Waals surface area contributed by atoms with Gasteiger partial charge in [0, 0.05) is 18.3 Å². The summed E-state index contributed by atoms with van der Waals surface area (Å²) in [5.41, 5.74) is 8.04. The van der Waals surface area contributed by atoms with Gasteiger partial charge in [0.15, 0.2) is 0 Å². The number of nitrogens with one attached hydrogen (secondary N) is 1. The Morgan fingerprint density at radius 1 is 1.16 bits per heavy atom. The maximum absolute atomic E-state index is 5.84. The fourth-order valence-electron chi connectivity index (χ4n) is 1.91. The molecule has 2 aromatic rings. The molecule has 4 heteroatoms. The van der Waals surface area contributed by atoms with E-state index in [2.05, 4.69) is 41.3 Å². The minimum atomic E-state index is 0.0658. The molecule has 4 nitrogen and oxygen atoms in total. The molecule has 0 amide bonds. The lowest BCUT2D eigenvalue weighted by atomic mass is 10.1. The molecule has 0 saturated carbocycles. The van der Waals surface area contributed by atoms with Gasteiger partial charge in [-0.2, -0.15) is 0 Å². The third kappa shape index (κ3) is 3.51. The zero-order valence-electron chi connectivity index (χ0n) is 11.4. The van der Waals surface area contributed by atoms with E-state index >= 15 is 0 Å². The van der Waals surface area contributed by atoms with Crippen molar-refractivity contribution in [3.63, 3.8) is 0 Å².